The summed E-state index contributed by atoms with van der Waals surface area (Å²) in [7, 11) is 0. The molecule has 0 spiro atoms. The second kappa shape index (κ2) is 37.4. The molecule has 4 N–H and O–H groups in total. The van der Waals surface area contributed by atoms with E-state index in [-0.39, 0.29) is 24.4 Å². The number of carboxylic acids is 1. The number of aryl methyl sites for hydroxylation is 2. The van der Waals surface area contributed by atoms with E-state index in [1.807, 2.05) is 160 Å². The third-order valence-corrected chi connectivity index (χ3v) is 5.69. The average molecular weight is 1300 g/mol. The van der Waals surface area contributed by atoms with Crippen LogP contribution in [0.3, 0.4) is 0 Å². The number of carbonyl (C=O) groups is 2. The van der Waals surface area contributed by atoms with Gasteiger partial charge in [-0.1, -0.05) is 99.2 Å². The first-order valence-electron chi connectivity index (χ1n) is 17.4. The molecule has 2 aromatic heterocycles. The van der Waals surface area contributed by atoms with Crippen LogP contribution >= 0.6 is 74.5 Å². The second-order valence-corrected chi connectivity index (χ2v) is 28.1. The van der Waals surface area contributed by atoms with Crippen molar-refractivity contribution < 1.29 is 28.0 Å². The van der Waals surface area contributed by atoms with Gasteiger partial charge >= 0.3 is 56.5 Å². The molecular weight excluding hydrogens is 1230 g/mol. The SMILES string of the molecule is C.CC.CC.CC.CC.CC(C)(C)N.Cc1nc2ccccc2c(C(=O)NC(C)(C)C)c1C.Cc1nc2ccccc2c(C(=O)O)c1C.II.I[I-]I. The molecule has 7 nitrogen and oxygen atoms in total. The van der Waals surface area contributed by atoms with E-state index < -0.39 is 5.97 Å². The Morgan fingerprint density at radius 1 is 0.660 bits per heavy atom. The van der Waals surface area contributed by atoms with Gasteiger partial charge in [0.15, 0.2) is 0 Å². The van der Waals surface area contributed by atoms with Gasteiger partial charge in [-0.25, -0.2) is 4.79 Å². The third kappa shape index (κ3) is 28.8. The number of carboxylic acid groups (broad SMARTS) is 1. The second-order valence-electron chi connectivity index (χ2n) is 11.9. The summed E-state index contributed by atoms with van der Waals surface area (Å²) in [6, 6.07) is 15.1. The van der Waals surface area contributed by atoms with E-state index in [0.717, 1.165) is 44.5 Å². The number of nitrogens with zero attached hydrogens (tertiary/aromatic N) is 2. The first-order valence-corrected chi connectivity index (χ1v) is 36.3. The molecule has 0 bridgehead atoms. The zero-order valence-electron chi connectivity index (χ0n) is 34.7. The van der Waals surface area contributed by atoms with Crippen LogP contribution in [0.4, 0.5) is 0 Å². The molecule has 308 valence electrons. The van der Waals surface area contributed by atoms with Crippen molar-refractivity contribution in [3.05, 3.63) is 82.2 Å². The maximum atomic E-state index is 12.5. The first-order chi connectivity index (χ1) is 24.3. The number of halogens is 5. The molecule has 0 unspecified atom stereocenters. The number of benzene rings is 2. The number of nitrogens with one attached hydrogen (secondary N) is 1. The van der Waals surface area contributed by atoms with Crippen LogP contribution in [0.15, 0.2) is 48.5 Å². The van der Waals surface area contributed by atoms with E-state index in [2.05, 4.69) is 89.7 Å². The third-order valence-electron chi connectivity index (χ3n) is 5.69. The summed E-state index contributed by atoms with van der Waals surface area (Å²) in [6.45, 7) is 35.4. The first kappa shape index (κ1) is 64.7. The number of fused-ring (bicyclic) bond motifs is 2. The predicted molar refractivity (Wildman–Crippen MR) is 269 cm³/mol. The van der Waals surface area contributed by atoms with E-state index in [1.54, 1.807) is 13.0 Å². The van der Waals surface area contributed by atoms with Crippen molar-refractivity contribution >= 4 is 108 Å². The van der Waals surface area contributed by atoms with E-state index in [1.165, 1.54) is 0 Å². The average Bonchev–Trinajstić information content (AvgIpc) is 3.09. The molecule has 0 aliphatic rings. The molecule has 2 aromatic carbocycles. The van der Waals surface area contributed by atoms with Gasteiger partial charge < -0.3 is 16.2 Å². The molecule has 2 heterocycles. The van der Waals surface area contributed by atoms with Gasteiger partial charge in [0.1, 0.15) is 0 Å². The van der Waals surface area contributed by atoms with Gasteiger partial charge in [0.2, 0.25) is 0 Å². The fraction of sp³-hybridized carbons (Fsp3) is 0.512. The van der Waals surface area contributed by atoms with Gasteiger partial charge in [-0.15, -0.1) is 0 Å². The maximum absolute atomic E-state index is 12.5. The van der Waals surface area contributed by atoms with Crippen molar-refractivity contribution in [1.29, 1.82) is 0 Å². The van der Waals surface area contributed by atoms with Crippen LogP contribution in [0.1, 0.15) is 148 Å². The molecule has 0 aliphatic heterocycles. The Labute approximate surface area is 377 Å². The van der Waals surface area contributed by atoms with Crippen LogP contribution in [0, 0.1) is 27.7 Å². The molecule has 0 saturated carbocycles. The van der Waals surface area contributed by atoms with E-state index >= 15 is 0 Å². The number of aromatic nitrogens is 2. The number of hydrogen-bond donors (Lipinski definition) is 3. The van der Waals surface area contributed by atoms with Gasteiger partial charge in [-0.05, 0) is 92.5 Å². The Bertz CT molecular complexity index is 1530. The van der Waals surface area contributed by atoms with E-state index in [0.29, 0.717) is 24.2 Å². The molecule has 0 fully saturated rings. The quantitative estimate of drug-likeness (QED) is 0.172. The van der Waals surface area contributed by atoms with Crippen molar-refractivity contribution in [2.75, 3.05) is 0 Å². The number of carbonyl (C=O) groups excluding carboxylic acids is 1. The Balaban J connectivity index is -0.000000145. The van der Waals surface area contributed by atoms with Crippen LogP contribution in [0.25, 0.3) is 21.8 Å². The molecule has 4 aromatic rings. The fourth-order valence-electron chi connectivity index (χ4n) is 3.83. The molecule has 0 atom stereocenters. The van der Waals surface area contributed by atoms with Gasteiger partial charge in [0.05, 0.1) is 22.2 Å². The molecular formula is C41H70I5N4O3-. The van der Waals surface area contributed by atoms with Gasteiger partial charge in [-0.3, -0.25) is 14.8 Å². The molecule has 0 radical (unpaired) electrons. The van der Waals surface area contributed by atoms with Crippen molar-refractivity contribution in [3.8, 4) is 0 Å². The Hall–Kier alpha value is -0.190. The summed E-state index contributed by atoms with van der Waals surface area (Å²) >= 11 is 9.54. The van der Waals surface area contributed by atoms with Gasteiger partial charge in [-0.2, -0.15) is 0 Å². The van der Waals surface area contributed by atoms with Crippen molar-refractivity contribution in [2.24, 2.45) is 5.73 Å². The van der Waals surface area contributed by atoms with Crippen LogP contribution in [-0.2, 0) is 0 Å². The molecule has 0 saturated heterocycles. The number of amides is 1. The Morgan fingerprint density at radius 3 is 1.21 bits per heavy atom. The molecule has 12 heteroatoms. The molecule has 1 amide bonds. The summed E-state index contributed by atoms with van der Waals surface area (Å²) in [4.78, 5) is 32.6. The topological polar surface area (TPSA) is 118 Å². The molecule has 0 aliphatic carbocycles. The zero-order valence-corrected chi connectivity index (χ0v) is 45.5. The number of hydrogen-bond acceptors (Lipinski definition) is 5. The Morgan fingerprint density at radius 2 is 0.925 bits per heavy atom. The molecule has 53 heavy (non-hydrogen) atoms. The minimum atomic E-state index is -0.894. The summed E-state index contributed by atoms with van der Waals surface area (Å²) in [5.41, 5.74) is 11.2. The summed E-state index contributed by atoms with van der Waals surface area (Å²) in [5, 5.41) is 13.8. The van der Waals surface area contributed by atoms with Crippen LogP contribution in [0.2, 0.25) is 0 Å². The van der Waals surface area contributed by atoms with Gasteiger partial charge in [0.25, 0.3) is 5.91 Å². The number of rotatable bonds is 2. The van der Waals surface area contributed by atoms with E-state index in [9.17, 15) is 9.59 Å². The molecule has 4 rings (SSSR count). The zero-order chi connectivity index (χ0) is 42.4. The monoisotopic (exact) mass is 1300 g/mol. The van der Waals surface area contributed by atoms with Crippen molar-refractivity contribution in [2.45, 2.75) is 143 Å². The number of para-hydroxylation sites is 2. The summed E-state index contributed by atoms with van der Waals surface area (Å²) in [6.07, 6.45) is 0. The van der Waals surface area contributed by atoms with E-state index in [4.69, 9.17) is 10.8 Å². The van der Waals surface area contributed by atoms with Crippen molar-refractivity contribution in [1.82, 2.24) is 15.3 Å². The normalized spacial score (nSPS) is 9.26. The summed E-state index contributed by atoms with van der Waals surface area (Å²) < 4.78 is 0. The summed E-state index contributed by atoms with van der Waals surface area (Å²) in [5.74, 6) is -0.930. The van der Waals surface area contributed by atoms with Crippen molar-refractivity contribution in [3.63, 3.8) is 0 Å². The minimum absolute atomic E-state index is 0. The van der Waals surface area contributed by atoms with Crippen LogP contribution in [0.5, 0.6) is 0 Å². The number of pyridine rings is 2. The Kier molecular flexibility index (Phi) is 45.6. The fourth-order valence-corrected chi connectivity index (χ4v) is 3.83. The predicted octanol–water partition coefficient (Wildman–Crippen LogP) is 12.0. The number of nitrogens with two attached hydrogens (primary N) is 1. The van der Waals surface area contributed by atoms with Crippen LogP contribution in [-0.4, -0.2) is 38.0 Å². The standard InChI is InChI=1S/C16H20N2O.C12H11NO2.C4H11N.4C2H6.CH4.I3.I2/c1-10-11(2)17-13-9-7-6-8-12(13)14(10)15(19)18-16(3,4)5;1-7-8(2)13-10-6-4-3-5-9(10)11(7)12(14)15;1-4(2,3)5;4*1-2;;1-3-2;1-2/h6-9H,1-5H3,(H,18,19);3-6H,1-2H3,(H,14,15);5H2,1-3H3;4*1-2H3;1H4;;/q;;;;;;;;-1;. The van der Waals surface area contributed by atoms with Gasteiger partial charge in [0, 0.05) is 70.5 Å². The van der Waals surface area contributed by atoms with Crippen LogP contribution < -0.4 is 24.3 Å². The number of aromatic carboxylic acids is 1.